The number of rotatable bonds is 6. The van der Waals surface area contributed by atoms with Gasteiger partial charge < -0.3 is 15.5 Å². The Bertz CT molecular complexity index is 635. The summed E-state index contributed by atoms with van der Waals surface area (Å²) >= 11 is 0. The zero-order valence-corrected chi connectivity index (χ0v) is 12.7. The van der Waals surface area contributed by atoms with E-state index < -0.39 is 0 Å². The van der Waals surface area contributed by atoms with E-state index in [-0.39, 0.29) is 11.6 Å². The number of carbonyl (C=O) groups is 1. The Balaban J connectivity index is 2.00. The van der Waals surface area contributed by atoms with Crippen molar-refractivity contribution in [3.63, 3.8) is 0 Å². The van der Waals surface area contributed by atoms with Crippen molar-refractivity contribution in [2.45, 2.75) is 0 Å². The van der Waals surface area contributed by atoms with Gasteiger partial charge in [-0.15, -0.1) is 6.58 Å². The summed E-state index contributed by atoms with van der Waals surface area (Å²) in [5.41, 5.74) is 2.04. The highest BCUT2D eigenvalue weighted by atomic mass is 16.1. The minimum atomic E-state index is -0.291. The molecule has 0 atom stereocenters. The lowest BCUT2D eigenvalue weighted by Gasteiger charge is -2.13. The van der Waals surface area contributed by atoms with Gasteiger partial charge in [0.15, 0.2) is 0 Å². The van der Waals surface area contributed by atoms with Crippen LogP contribution in [0.25, 0.3) is 0 Å². The summed E-state index contributed by atoms with van der Waals surface area (Å²) in [4.78, 5) is 22.3. The summed E-state index contributed by atoms with van der Waals surface area (Å²) in [5.74, 6) is 0.312. The average Bonchev–Trinajstić information content (AvgIpc) is 2.54. The highest BCUT2D eigenvalue weighted by molar-refractivity contribution is 6.02. The molecule has 114 valence electrons. The van der Waals surface area contributed by atoms with Gasteiger partial charge in [0.2, 0.25) is 0 Å². The van der Waals surface area contributed by atoms with E-state index in [1.165, 1.54) is 12.4 Å². The number of nitrogens with one attached hydrogen (secondary N) is 2. The van der Waals surface area contributed by atoms with Gasteiger partial charge in [0.05, 0.1) is 12.4 Å². The molecule has 6 heteroatoms. The summed E-state index contributed by atoms with van der Waals surface area (Å²) < 4.78 is 0. The molecule has 6 nitrogen and oxygen atoms in total. The van der Waals surface area contributed by atoms with Gasteiger partial charge in [-0.05, 0) is 24.3 Å². The normalized spacial score (nSPS) is 9.91. The largest absolute Gasteiger partial charge is 0.378 e. The van der Waals surface area contributed by atoms with Gasteiger partial charge in [0.25, 0.3) is 5.91 Å². The van der Waals surface area contributed by atoms with Crippen LogP contribution in [0.2, 0.25) is 0 Å². The van der Waals surface area contributed by atoms with Gasteiger partial charge in [-0.3, -0.25) is 4.79 Å². The van der Waals surface area contributed by atoms with E-state index in [4.69, 9.17) is 0 Å². The zero-order valence-electron chi connectivity index (χ0n) is 12.7. The maximum Gasteiger partial charge on any atom is 0.275 e. The molecular weight excluding hydrogens is 278 g/mol. The second kappa shape index (κ2) is 7.21. The third-order valence-electron chi connectivity index (χ3n) is 2.95. The van der Waals surface area contributed by atoms with Gasteiger partial charge in [-0.25, -0.2) is 9.97 Å². The average molecular weight is 297 g/mol. The van der Waals surface area contributed by atoms with Crippen LogP contribution < -0.4 is 15.5 Å². The van der Waals surface area contributed by atoms with Gasteiger partial charge in [-0.2, -0.15) is 0 Å². The number of hydrogen-bond donors (Lipinski definition) is 2. The first-order valence-electron chi connectivity index (χ1n) is 6.85. The lowest BCUT2D eigenvalue weighted by Crippen LogP contribution is -2.15. The number of carbonyl (C=O) groups excluding carboxylic acids is 1. The van der Waals surface area contributed by atoms with Crippen LogP contribution in [0.1, 0.15) is 10.5 Å². The van der Waals surface area contributed by atoms with Crippen molar-refractivity contribution >= 4 is 23.1 Å². The van der Waals surface area contributed by atoms with Crippen molar-refractivity contribution in [3.8, 4) is 0 Å². The van der Waals surface area contributed by atoms with E-state index in [0.29, 0.717) is 18.1 Å². The highest BCUT2D eigenvalue weighted by Gasteiger charge is 2.08. The molecule has 0 fully saturated rings. The predicted octanol–water partition coefficient (Wildman–Crippen LogP) is 2.39. The van der Waals surface area contributed by atoms with Crippen molar-refractivity contribution in [1.29, 1.82) is 0 Å². The number of nitrogens with zero attached hydrogens (tertiary/aromatic N) is 3. The highest BCUT2D eigenvalue weighted by Crippen LogP contribution is 2.16. The van der Waals surface area contributed by atoms with Crippen molar-refractivity contribution < 1.29 is 4.79 Å². The third-order valence-corrected chi connectivity index (χ3v) is 2.95. The van der Waals surface area contributed by atoms with E-state index >= 15 is 0 Å². The van der Waals surface area contributed by atoms with Crippen molar-refractivity contribution in [1.82, 2.24) is 9.97 Å². The molecule has 0 unspecified atom stereocenters. The van der Waals surface area contributed by atoms with Crippen LogP contribution in [0.5, 0.6) is 0 Å². The van der Waals surface area contributed by atoms with E-state index in [1.54, 1.807) is 6.08 Å². The first-order chi connectivity index (χ1) is 10.6. The molecule has 2 aromatic rings. The summed E-state index contributed by atoms with van der Waals surface area (Å²) in [6, 6.07) is 7.56. The Hall–Kier alpha value is -2.89. The number of anilines is 3. The molecule has 0 bridgehead atoms. The summed E-state index contributed by atoms with van der Waals surface area (Å²) in [7, 11) is 3.93. The standard InChI is InChI=1S/C16H19N5O/c1-4-9-17-15-11-18-14(10-19-15)16(22)20-12-5-7-13(8-6-12)21(2)3/h4-8,10-11H,1,9H2,2-3H3,(H,17,19)(H,20,22). The fourth-order valence-electron chi connectivity index (χ4n) is 1.75. The van der Waals surface area contributed by atoms with Crippen molar-refractivity contribution in [2.75, 3.05) is 36.2 Å². The SMILES string of the molecule is C=CCNc1cnc(C(=O)Nc2ccc(N(C)C)cc2)cn1. The van der Waals surface area contributed by atoms with Crippen LogP contribution in [-0.2, 0) is 0 Å². The lowest BCUT2D eigenvalue weighted by molar-refractivity contribution is 0.102. The van der Waals surface area contributed by atoms with Crippen LogP contribution >= 0.6 is 0 Å². The maximum atomic E-state index is 12.1. The molecular formula is C16H19N5O. The topological polar surface area (TPSA) is 70.2 Å². The molecule has 0 aliphatic heterocycles. The summed E-state index contributed by atoms with van der Waals surface area (Å²) in [5, 5.41) is 5.79. The number of hydrogen-bond acceptors (Lipinski definition) is 5. The molecule has 0 saturated heterocycles. The molecule has 1 aromatic heterocycles. The molecule has 2 N–H and O–H groups in total. The van der Waals surface area contributed by atoms with Gasteiger partial charge in [0.1, 0.15) is 11.5 Å². The van der Waals surface area contributed by atoms with E-state index in [9.17, 15) is 4.79 Å². The monoisotopic (exact) mass is 297 g/mol. The van der Waals surface area contributed by atoms with Crippen LogP contribution in [0.15, 0.2) is 49.3 Å². The van der Waals surface area contributed by atoms with E-state index in [0.717, 1.165) is 5.69 Å². The molecule has 0 saturated carbocycles. The molecule has 0 aliphatic rings. The quantitative estimate of drug-likeness (QED) is 0.801. The number of benzene rings is 1. The minimum Gasteiger partial charge on any atom is -0.378 e. The van der Waals surface area contributed by atoms with Crippen LogP contribution in [0.4, 0.5) is 17.2 Å². The molecule has 0 radical (unpaired) electrons. The maximum absolute atomic E-state index is 12.1. The third kappa shape index (κ3) is 4.05. The Morgan fingerprint density at radius 3 is 2.50 bits per heavy atom. The van der Waals surface area contributed by atoms with E-state index in [2.05, 4.69) is 27.2 Å². The Morgan fingerprint density at radius 2 is 1.95 bits per heavy atom. The molecule has 0 spiro atoms. The second-order valence-corrected chi connectivity index (χ2v) is 4.85. The fourth-order valence-corrected chi connectivity index (χ4v) is 1.75. The van der Waals surface area contributed by atoms with Crippen molar-refractivity contribution in [2.24, 2.45) is 0 Å². The first kappa shape index (κ1) is 15.5. The first-order valence-corrected chi connectivity index (χ1v) is 6.85. The Kier molecular flexibility index (Phi) is 5.08. The van der Waals surface area contributed by atoms with Crippen molar-refractivity contribution in [3.05, 3.63) is 55.0 Å². The number of amides is 1. The van der Waals surface area contributed by atoms with Gasteiger partial charge in [-0.1, -0.05) is 6.08 Å². The van der Waals surface area contributed by atoms with Gasteiger partial charge >= 0.3 is 0 Å². The molecule has 1 aromatic carbocycles. The number of aromatic nitrogens is 2. The Morgan fingerprint density at radius 1 is 1.23 bits per heavy atom. The second-order valence-electron chi connectivity index (χ2n) is 4.85. The minimum absolute atomic E-state index is 0.265. The lowest BCUT2D eigenvalue weighted by atomic mass is 10.2. The van der Waals surface area contributed by atoms with E-state index in [1.807, 2.05) is 43.3 Å². The van der Waals surface area contributed by atoms with Crippen LogP contribution in [-0.4, -0.2) is 36.5 Å². The predicted molar refractivity (Wildman–Crippen MR) is 89.4 cm³/mol. The zero-order chi connectivity index (χ0) is 15.9. The smallest absolute Gasteiger partial charge is 0.275 e. The summed E-state index contributed by atoms with van der Waals surface area (Å²) in [6.45, 7) is 4.20. The summed E-state index contributed by atoms with van der Waals surface area (Å²) in [6.07, 6.45) is 4.68. The molecule has 0 aliphatic carbocycles. The molecule has 1 amide bonds. The molecule has 22 heavy (non-hydrogen) atoms. The van der Waals surface area contributed by atoms with Crippen LogP contribution in [0.3, 0.4) is 0 Å². The van der Waals surface area contributed by atoms with Crippen LogP contribution in [0, 0.1) is 0 Å². The molecule has 2 rings (SSSR count). The van der Waals surface area contributed by atoms with Gasteiger partial charge in [0, 0.05) is 32.0 Å². The Labute approximate surface area is 129 Å². The molecule has 1 heterocycles. The fraction of sp³-hybridized carbons (Fsp3) is 0.188.